The minimum Gasteiger partial charge on any atom is -0.744 e. The number of methoxy groups -OCH3 is 1. The van der Waals surface area contributed by atoms with Crippen molar-refractivity contribution in [2.75, 3.05) is 71.3 Å². The van der Waals surface area contributed by atoms with Crippen LogP contribution in [0.3, 0.4) is 0 Å². The number of hydrogen-bond acceptors (Lipinski definition) is 18. The highest BCUT2D eigenvalue weighted by atomic mass is 32.2. The van der Waals surface area contributed by atoms with Gasteiger partial charge in [-0.1, -0.05) is 30.7 Å². The second-order valence-electron chi connectivity index (χ2n) is 18.1. The molecule has 1 atom stereocenters. The first-order valence-electron chi connectivity index (χ1n) is 23.2. The van der Waals surface area contributed by atoms with E-state index in [4.69, 9.17) is 18.9 Å². The lowest BCUT2D eigenvalue weighted by Crippen LogP contribution is -2.31. The van der Waals surface area contributed by atoms with Gasteiger partial charge in [0.05, 0.1) is 64.6 Å². The van der Waals surface area contributed by atoms with Gasteiger partial charge in [0.15, 0.2) is 5.71 Å². The average Bonchev–Trinajstić information content (AvgIpc) is 3.67. The lowest BCUT2D eigenvalue weighted by molar-refractivity contribution is -0.433. The number of nitrogens with zero attached hydrogens (tertiary/aromatic N) is 2. The fraction of sp³-hybridized carbons (Fsp3) is 0.429. The molecule has 6 rings (SSSR count). The van der Waals surface area contributed by atoms with Gasteiger partial charge in [-0.25, -0.2) is 33.7 Å². The lowest BCUT2D eigenvalue weighted by Gasteiger charge is -2.31. The second kappa shape index (κ2) is 22.9. The van der Waals surface area contributed by atoms with Gasteiger partial charge >= 0.3 is 5.97 Å². The highest BCUT2D eigenvalue weighted by Crippen LogP contribution is 2.54. The van der Waals surface area contributed by atoms with Crippen molar-refractivity contribution < 1.29 is 85.3 Å². The molecule has 24 heteroatoms. The first-order chi connectivity index (χ1) is 34.2. The predicted molar refractivity (Wildman–Crippen MR) is 264 cm³/mol. The monoisotopic (exact) mass is 1090 g/mol. The Morgan fingerprint density at radius 3 is 1.71 bits per heavy atom. The maximum Gasteiger partial charge on any atom is 0.303 e. The number of carbonyl (C=O) groups is 1. The van der Waals surface area contributed by atoms with Gasteiger partial charge in [-0.15, -0.1) is 0 Å². The van der Waals surface area contributed by atoms with Crippen LogP contribution in [0.1, 0.15) is 70.9 Å². The van der Waals surface area contributed by atoms with Crippen LogP contribution in [-0.2, 0) is 75.0 Å². The maximum atomic E-state index is 12.7. The zero-order chi connectivity index (χ0) is 53.7. The molecule has 0 spiro atoms. The highest BCUT2D eigenvalue weighted by Gasteiger charge is 2.46. The van der Waals surface area contributed by atoms with Crippen molar-refractivity contribution >= 4 is 85.1 Å². The number of carboxylic acid groups (broad SMARTS) is 1. The molecule has 398 valence electrons. The van der Waals surface area contributed by atoms with Gasteiger partial charge in [-0.05, 0) is 111 Å². The van der Waals surface area contributed by atoms with E-state index in [1.807, 2.05) is 37.2 Å². The van der Waals surface area contributed by atoms with E-state index < -0.39 is 76.9 Å². The SMILES string of the molecule is CC[N+]1=C(/C=C/C=C/C=C2/N(CCCCCC(=O)O)c3ccc4c(S(=O)(=O)[O-])cc(S(=O)(=O)[O-])cc4c3C2(C)CCOCCOCCOCCOC)C(C)(C)c2c1ccc1c(S(=O)(=O)[O-])cc(S(=O)(=O)[O-])cc21. The quantitative estimate of drug-likeness (QED) is 0.0350. The first kappa shape index (κ1) is 57.3. The Hall–Kier alpha value is -4.96. The summed E-state index contributed by atoms with van der Waals surface area (Å²) in [6.07, 6.45) is 10.3. The van der Waals surface area contributed by atoms with E-state index >= 15 is 0 Å². The molecule has 0 saturated heterocycles. The number of benzene rings is 4. The number of unbranched alkanes of at least 4 members (excludes halogenated alkanes) is 2. The molecule has 0 bridgehead atoms. The fourth-order valence-corrected chi connectivity index (χ4v) is 12.4. The molecule has 0 aromatic heterocycles. The first-order valence-corrected chi connectivity index (χ1v) is 28.8. The lowest BCUT2D eigenvalue weighted by atomic mass is 9.76. The second-order valence-corrected chi connectivity index (χ2v) is 23.5. The molecule has 0 fully saturated rings. The number of rotatable bonds is 26. The van der Waals surface area contributed by atoms with E-state index in [2.05, 4.69) is 0 Å². The van der Waals surface area contributed by atoms with Crippen molar-refractivity contribution in [3.63, 3.8) is 0 Å². The van der Waals surface area contributed by atoms with Crippen molar-refractivity contribution in [2.24, 2.45) is 0 Å². The van der Waals surface area contributed by atoms with Gasteiger partial charge in [-0.3, -0.25) is 4.79 Å². The Morgan fingerprint density at radius 1 is 0.658 bits per heavy atom. The number of allylic oxidation sites excluding steroid dienone is 6. The third-order valence-electron chi connectivity index (χ3n) is 13.0. The number of fused-ring (bicyclic) bond motifs is 6. The van der Waals surface area contributed by atoms with Crippen LogP contribution in [0.2, 0.25) is 0 Å². The molecular formula is C49H57N2O18S4-3. The molecule has 0 radical (unpaired) electrons. The Morgan fingerprint density at radius 2 is 1.19 bits per heavy atom. The van der Waals surface area contributed by atoms with Crippen LogP contribution in [-0.4, -0.2) is 140 Å². The van der Waals surface area contributed by atoms with E-state index in [0.717, 1.165) is 12.1 Å². The van der Waals surface area contributed by atoms with Crippen LogP contribution >= 0.6 is 0 Å². The van der Waals surface area contributed by atoms with Gasteiger partial charge < -0.3 is 47.2 Å². The molecule has 4 aromatic rings. The summed E-state index contributed by atoms with van der Waals surface area (Å²) < 4.78 is 174. The van der Waals surface area contributed by atoms with Gasteiger partial charge in [0.2, 0.25) is 5.69 Å². The number of hydrogen-bond donors (Lipinski definition) is 1. The standard InChI is InChI=1S/C49H60N2O18S4/c1-6-50-39-18-16-35-37(29-33(70(54,55)56)31-41(35)72(60,61)62)46(39)48(2,3)43(50)13-9-7-10-14-44-49(4,20-22-67-25-26-69-28-27-68-24-23-66-5)47-38-30-34(71(57,58)59)32-42(73(63,64)65)36(38)17-19-40(47)51(44)21-12-8-11-15-45(52)53/h7,9-10,13-14,16-19,29-32H,6,8,11-12,15,20-28H2,1-5H3,(H4-,52,53,54,55,56,57,58,59,60,61,62,63,64,65)/p-3. The Labute approximate surface area is 425 Å². The molecule has 1 unspecified atom stereocenters. The minimum atomic E-state index is -5.33. The van der Waals surface area contributed by atoms with Crippen LogP contribution in [0.15, 0.2) is 104 Å². The molecule has 0 amide bonds. The Balaban J connectivity index is 1.43. The van der Waals surface area contributed by atoms with Crippen molar-refractivity contribution in [3.05, 3.63) is 95.7 Å². The fourth-order valence-electron chi connectivity index (χ4n) is 9.72. The van der Waals surface area contributed by atoms with E-state index in [1.54, 1.807) is 49.6 Å². The summed E-state index contributed by atoms with van der Waals surface area (Å²) in [5.41, 5.74) is 1.24. The largest absolute Gasteiger partial charge is 0.744 e. The molecule has 73 heavy (non-hydrogen) atoms. The number of aliphatic carboxylic acids is 1. The van der Waals surface area contributed by atoms with Gasteiger partial charge in [0.1, 0.15) is 47.0 Å². The maximum absolute atomic E-state index is 12.7. The van der Waals surface area contributed by atoms with Crippen LogP contribution < -0.4 is 4.90 Å². The predicted octanol–water partition coefficient (Wildman–Crippen LogP) is 5.51. The summed E-state index contributed by atoms with van der Waals surface area (Å²) in [6, 6.07) is 9.33. The number of anilines is 1. The van der Waals surface area contributed by atoms with E-state index in [1.165, 1.54) is 12.1 Å². The normalized spacial score (nSPS) is 17.8. The van der Waals surface area contributed by atoms with Gasteiger partial charge in [-0.2, -0.15) is 4.58 Å². The third-order valence-corrected chi connectivity index (χ3v) is 16.4. The highest BCUT2D eigenvalue weighted by molar-refractivity contribution is 7.87. The summed E-state index contributed by atoms with van der Waals surface area (Å²) >= 11 is 0. The molecule has 2 aliphatic rings. The van der Waals surface area contributed by atoms with Crippen molar-refractivity contribution in [1.29, 1.82) is 0 Å². The van der Waals surface area contributed by atoms with Gasteiger partial charge in [0.25, 0.3) is 0 Å². The third kappa shape index (κ3) is 12.8. The van der Waals surface area contributed by atoms with Gasteiger partial charge in [0, 0.05) is 66.6 Å². The topological polar surface area (TPSA) is 309 Å². The van der Waals surface area contributed by atoms with E-state index in [9.17, 15) is 61.8 Å². The van der Waals surface area contributed by atoms with Crippen molar-refractivity contribution in [1.82, 2.24) is 0 Å². The summed E-state index contributed by atoms with van der Waals surface area (Å²) in [4.78, 5) is 9.79. The molecule has 1 N–H and O–H groups in total. The van der Waals surface area contributed by atoms with E-state index in [0.29, 0.717) is 105 Å². The molecule has 0 aliphatic carbocycles. The summed E-state index contributed by atoms with van der Waals surface area (Å²) in [7, 11) is -19.5. The van der Waals surface area contributed by atoms with E-state index in [-0.39, 0.29) is 54.2 Å². The molecule has 4 aromatic carbocycles. The molecule has 2 heterocycles. The Kier molecular flexibility index (Phi) is 18.0. The summed E-state index contributed by atoms with van der Waals surface area (Å²) in [6.45, 7) is 10.1. The molecule has 0 saturated carbocycles. The number of ether oxygens (including phenoxy) is 4. The zero-order valence-electron chi connectivity index (χ0n) is 40.8. The van der Waals surface area contributed by atoms with Crippen LogP contribution in [0.25, 0.3) is 21.5 Å². The van der Waals surface area contributed by atoms with Crippen LogP contribution in [0.5, 0.6) is 0 Å². The van der Waals surface area contributed by atoms with Crippen molar-refractivity contribution in [3.8, 4) is 0 Å². The smallest absolute Gasteiger partial charge is 0.303 e. The van der Waals surface area contributed by atoms with Crippen LogP contribution in [0.4, 0.5) is 11.4 Å². The van der Waals surface area contributed by atoms with Crippen LogP contribution in [0, 0.1) is 0 Å². The zero-order valence-corrected chi connectivity index (χ0v) is 44.1. The minimum absolute atomic E-state index is 0.0397. The molecular weight excluding hydrogens is 1030 g/mol. The summed E-state index contributed by atoms with van der Waals surface area (Å²) in [5.74, 6) is -0.954. The molecule has 2 aliphatic heterocycles. The van der Waals surface area contributed by atoms with Crippen molar-refractivity contribution in [2.45, 2.75) is 90.2 Å². The summed E-state index contributed by atoms with van der Waals surface area (Å²) in [5, 5.41) is 9.30. The number of carboxylic acids is 1. The Bertz CT molecular complexity index is 3370. The molecule has 20 nitrogen and oxygen atoms in total. The average molecular weight is 1090 g/mol.